The lowest BCUT2D eigenvalue weighted by Crippen LogP contribution is -2.27. The molecule has 21 heavy (non-hydrogen) atoms. The van der Waals surface area contributed by atoms with Crippen molar-refractivity contribution in [1.29, 1.82) is 0 Å². The number of nitrogens with one attached hydrogen (secondary N) is 1. The molecule has 0 spiro atoms. The van der Waals surface area contributed by atoms with Gasteiger partial charge < -0.3 is 0 Å². The third kappa shape index (κ3) is 3.91. The van der Waals surface area contributed by atoms with Gasteiger partial charge in [-0.2, -0.15) is 5.10 Å². The van der Waals surface area contributed by atoms with E-state index in [4.69, 9.17) is 0 Å². The molecule has 0 radical (unpaired) electrons. The van der Waals surface area contributed by atoms with Gasteiger partial charge in [0.2, 0.25) is 5.91 Å². The Morgan fingerprint density at radius 3 is 2.43 bits per heavy atom. The molecule has 0 aromatic heterocycles. The molecule has 6 heteroatoms. The smallest absolute Gasteiger partial charge is 0.244 e. The van der Waals surface area contributed by atoms with Gasteiger partial charge in [0.1, 0.15) is 0 Å². The van der Waals surface area contributed by atoms with Gasteiger partial charge in [-0.05, 0) is 38.3 Å². The van der Waals surface area contributed by atoms with Crippen LogP contribution < -0.4 is 5.43 Å². The summed E-state index contributed by atoms with van der Waals surface area (Å²) >= 11 is 0. The van der Waals surface area contributed by atoms with Crippen LogP contribution >= 0.6 is 0 Å². The fraction of sp³-hybridized carbons (Fsp3) is 0.467. The number of rotatable bonds is 3. The number of benzene rings is 1. The molecule has 1 fully saturated rings. The van der Waals surface area contributed by atoms with E-state index in [1.165, 1.54) is 5.56 Å². The third-order valence-corrected chi connectivity index (χ3v) is 5.48. The lowest BCUT2D eigenvalue weighted by atomic mass is 10.0. The van der Waals surface area contributed by atoms with E-state index in [1.54, 1.807) is 6.21 Å². The Labute approximate surface area is 125 Å². The molecule has 1 saturated heterocycles. The maximum absolute atomic E-state index is 11.9. The van der Waals surface area contributed by atoms with Crippen molar-refractivity contribution in [2.75, 3.05) is 11.5 Å². The summed E-state index contributed by atoms with van der Waals surface area (Å²) in [7, 11) is -3.05. The summed E-state index contributed by atoms with van der Waals surface area (Å²) in [6, 6.07) is 4.11. The average Bonchev–Trinajstić information content (AvgIpc) is 2.72. The fourth-order valence-corrected chi connectivity index (χ4v) is 4.39. The number of hydrogen-bond donors (Lipinski definition) is 1. The Bertz CT molecular complexity index is 670. The third-order valence-electron chi connectivity index (χ3n) is 3.71. The molecule has 1 amide bonds. The van der Waals surface area contributed by atoms with E-state index in [0.29, 0.717) is 6.42 Å². The summed E-state index contributed by atoms with van der Waals surface area (Å²) in [4.78, 5) is 11.9. The molecular formula is C15H20N2O3S. The SMILES string of the molecule is Cc1cc(C)c(/C=N\NC(=O)[C@H]2CCS(=O)(=O)C2)c(C)c1. The first-order valence-corrected chi connectivity index (χ1v) is 8.72. The summed E-state index contributed by atoms with van der Waals surface area (Å²) in [5, 5.41) is 3.97. The van der Waals surface area contributed by atoms with Crippen LogP contribution in [0.3, 0.4) is 0 Å². The van der Waals surface area contributed by atoms with Crippen LogP contribution in [-0.2, 0) is 14.6 Å². The van der Waals surface area contributed by atoms with Gasteiger partial charge >= 0.3 is 0 Å². The molecule has 1 aromatic carbocycles. The number of sulfone groups is 1. The van der Waals surface area contributed by atoms with Crippen molar-refractivity contribution in [2.45, 2.75) is 27.2 Å². The van der Waals surface area contributed by atoms with Gasteiger partial charge in [0.25, 0.3) is 0 Å². The summed E-state index contributed by atoms with van der Waals surface area (Å²) in [5.74, 6) is -0.788. The molecule has 1 aliphatic heterocycles. The minimum Gasteiger partial charge on any atom is -0.273 e. The normalized spacial score (nSPS) is 20.8. The van der Waals surface area contributed by atoms with Crippen LogP contribution in [0.4, 0.5) is 0 Å². The van der Waals surface area contributed by atoms with Crippen molar-refractivity contribution in [3.63, 3.8) is 0 Å². The molecule has 0 unspecified atom stereocenters. The molecule has 1 atom stereocenters. The molecule has 0 saturated carbocycles. The first-order valence-electron chi connectivity index (χ1n) is 6.90. The summed E-state index contributed by atoms with van der Waals surface area (Å²) < 4.78 is 22.7. The van der Waals surface area contributed by atoms with Crippen molar-refractivity contribution in [1.82, 2.24) is 5.43 Å². The van der Waals surface area contributed by atoms with Gasteiger partial charge in [-0.15, -0.1) is 0 Å². The fourth-order valence-electron chi connectivity index (χ4n) is 2.65. The molecule has 1 aliphatic rings. The highest BCUT2D eigenvalue weighted by atomic mass is 32.2. The number of amides is 1. The largest absolute Gasteiger partial charge is 0.273 e. The molecule has 1 heterocycles. The Kier molecular flexibility index (Phi) is 4.46. The van der Waals surface area contributed by atoms with Gasteiger partial charge in [-0.1, -0.05) is 17.7 Å². The van der Waals surface area contributed by atoms with Crippen LogP contribution in [0, 0.1) is 26.7 Å². The highest BCUT2D eigenvalue weighted by Gasteiger charge is 2.32. The van der Waals surface area contributed by atoms with Crippen LogP contribution in [0.5, 0.6) is 0 Å². The summed E-state index contributed by atoms with van der Waals surface area (Å²) in [6.45, 7) is 6.02. The van der Waals surface area contributed by atoms with Crippen molar-refractivity contribution in [2.24, 2.45) is 11.0 Å². The molecule has 5 nitrogen and oxygen atoms in total. The maximum Gasteiger partial charge on any atom is 0.244 e. The predicted molar refractivity (Wildman–Crippen MR) is 83.2 cm³/mol. The Morgan fingerprint density at radius 2 is 1.90 bits per heavy atom. The standard InChI is InChI=1S/C15H20N2O3S/c1-10-6-11(2)14(12(3)7-10)8-16-17-15(18)13-4-5-21(19,20)9-13/h6-8,13H,4-5,9H2,1-3H3,(H,17,18)/b16-8-/t13-/m0/s1. The Hall–Kier alpha value is -1.69. The summed E-state index contributed by atoms with van der Waals surface area (Å²) in [6.07, 6.45) is 2.00. The first kappa shape index (κ1) is 15.7. The van der Waals surface area contributed by atoms with Crippen LogP contribution in [0.15, 0.2) is 17.2 Å². The zero-order valence-corrected chi connectivity index (χ0v) is 13.3. The topological polar surface area (TPSA) is 75.6 Å². The Morgan fingerprint density at radius 1 is 1.29 bits per heavy atom. The van der Waals surface area contributed by atoms with E-state index in [0.717, 1.165) is 16.7 Å². The maximum atomic E-state index is 11.9. The van der Waals surface area contributed by atoms with E-state index in [2.05, 4.69) is 22.7 Å². The molecule has 0 bridgehead atoms. The monoisotopic (exact) mass is 308 g/mol. The average molecular weight is 308 g/mol. The van der Waals surface area contributed by atoms with Gasteiger partial charge in [0.05, 0.1) is 23.6 Å². The quantitative estimate of drug-likeness (QED) is 0.679. The minimum atomic E-state index is -3.05. The Balaban J connectivity index is 2.02. The zero-order chi connectivity index (χ0) is 15.6. The molecule has 0 aliphatic carbocycles. The number of hydrazone groups is 1. The van der Waals surface area contributed by atoms with E-state index in [9.17, 15) is 13.2 Å². The number of carbonyl (C=O) groups excluding carboxylic acids is 1. The first-order chi connectivity index (χ1) is 9.78. The van der Waals surface area contributed by atoms with Crippen LogP contribution in [0.2, 0.25) is 0 Å². The van der Waals surface area contributed by atoms with E-state index >= 15 is 0 Å². The minimum absolute atomic E-state index is 0.0725. The van der Waals surface area contributed by atoms with E-state index < -0.39 is 15.8 Å². The van der Waals surface area contributed by atoms with E-state index in [-0.39, 0.29) is 17.4 Å². The van der Waals surface area contributed by atoms with Crippen molar-refractivity contribution in [3.05, 3.63) is 34.4 Å². The van der Waals surface area contributed by atoms with Crippen LogP contribution in [-0.4, -0.2) is 32.0 Å². The number of nitrogens with zero attached hydrogens (tertiary/aromatic N) is 1. The molecular weight excluding hydrogens is 288 g/mol. The zero-order valence-electron chi connectivity index (χ0n) is 12.5. The van der Waals surface area contributed by atoms with E-state index in [1.807, 2.05) is 20.8 Å². The van der Waals surface area contributed by atoms with Crippen LogP contribution in [0.25, 0.3) is 0 Å². The van der Waals surface area contributed by atoms with Gasteiger partial charge in [-0.3, -0.25) is 4.79 Å². The number of aryl methyl sites for hydroxylation is 3. The van der Waals surface area contributed by atoms with Crippen molar-refractivity contribution >= 4 is 22.0 Å². The predicted octanol–water partition coefficient (Wildman–Crippen LogP) is 1.50. The van der Waals surface area contributed by atoms with Gasteiger partial charge in [0, 0.05) is 5.56 Å². The van der Waals surface area contributed by atoms with Gasteiger partial charge in [0.15, 0.2) is 9.84 Å². The lowest BCUT2D eigenvalue weighted by Gasteiger charge is -2.07. The van der Waals surface area contributed by atoms with Crippen LogP contribution in [0.1, 0.15) is 28.7 Å². The number of carbonyl (C=O) groups is 1. The molecule has 2 rings (SSSR count). The molecule has 1 aromatic rings. The van der Waals surface area contributed by atoms with Crippen molar-refractivity contribution in [3.8, 4) is 0 Å². The molecule has 1 N–H and O–H groups in total. The molecule has 114 valence electrons. The number of hydrogen-bond acceptors (Lipinski definition) is 4. The van der Waals surface area contributed by atoms with Gasteiger partial charge in [-0.25, -0.2) is 13.8 Å². The summed E-state index contributed by atoms with van der Waals surface area (Å²) in [5.41, 5.74) is 6.78. The second-order valence-corrected chi connectivity index (χ2v) is 7.88. The van der Waals surface area contributed by atoms with Crippen molar-refractivity contribution < 1.29 is 13.2 Å². The second-order valence-electron chi connectivity index (χ2n) is 5.65. The highest BCUT2D eigenvalue weighted by Crippen LogP contribution is 2.18. The lowest BCUT2D eigenvalue weighted by molar-refractivity contribution is -0.124. The highest BCUT2D eigenvalue weighted by molar-refractivity contribution is 7.91. The second kappa shape index (κ2) is 5.97.